The van der Waals surface area contributed by atoms with Gasteiger partial charge in [0, 0.05) is 24.4 Å². The average Bonchev–Trinajstić information content (AvgIpc) is 2.82. The van der Waals surface area contributed by atoms with E-state index < -0.39 is 25.0 Å². The molecule has 0 saturated carbocycles. The minimum absolute atomic E-state index is 0.0858. The minimum Gasteiger partial charge on any atom is -0.488 e. The molecular weight excluding hydrogens is 436 g/mol. The second kappa shape index (κ2) is 9.25. The highest BCUT2D eigenvalue weighted by molar-refractivity contribution is 6.61. The van der Waals surface area contributed by atoms with Gasteiger partial charge in [-0.15, -0.1) is 0 Å². The SMILES string of the molecule is COC(=N)c1ccc(C2Cc3ccc(C(F)(F)F)cc3B(O)O2)cc1OCc1cccnc1. The van der Waals surface area contributed by atoms with Gasteiger partial charge in [0.05, 0.1) is 24.3 Å². The molecular formula is C23H20BF3N2O4. The summed E-state index contributed by atoms with van der Waals surface area (Å²) in [7, 11) is -0.119. The zero-order chi connectivity index (χ0) is 23.6. The number of hydrogen-bond donors (Lipinski definition) is 2. The van der Waals surface area contributed by atoms with Crippen molar-refractivity contribution in [1.29, 1.82) is 5.41 Å². The molecule has 2 aromatic carbocycles. The zero-order valence-electron chi connectivity index (χ0n) is 17.6. The zero-order valence-corrected chi connectivity index (χ0v) is 17.6. The van der Waals surface area contributed by atoms with Gasteiger partial charge >= 0.3 is 13.3 Å². The van der Waals surface area contributed by atoms with Crippen LogP contribution >= 0.6 is 0 Å². The summed E-state index contributed by atoms with van der Waals surface area (Å²) in [6.45, 7) is 0.207. The van der Waals surface area contributed by atoms with E-state index in [4.69, 9.17) is 19.5 Å². The summed E-state index contributed by atoms with van der Waals surface area (Å²) in [5, 5.41) is 18.4. The van der Waals surface area contributed by atoms with Crippen LogP contribution in [0, 0.1) is 5.41 Å². The van der Waals surface area contributed by atoms with Crippen molar-refractivity contribution >= 4 is 18.5 Å². The van der Waals surface area contributed by atoms with E-state index in [0.717, 1.165) is 17.7 Å². The van der Waals surface area contributed by atoms with Crippen molar-refractivity contribution in [1.82, 2.24) is 4.98 Å². The van der Waals surface area contributed by atoms with Crippen LogP contribution in [-0.2, 0) is 28.6 Å². The minimum atomic E-state index is -4.51. The van der Waals surface area contributed by atoms with Gasteiger partial charge < -0.3 is 19.2 Å². The fourth-order valence-electron chi connectivity index (χ4n) is 3.66. The Balaban J connectivity index is 1.61. The maximum absolute atomic E-state index is 13.0. The first kappa shape index (κ1) is 22.8. The first-order chi connectivity index (χ1) is 15.8. The number of nitrogens with zero attached hydrogens (tertiary/aromatic N) is 1. The van der Waals surface area contributed by atoms with Crippen LogP contribution in [0.15, 0.2) is 60.9 Å². The molecule has 4 rings (SSSR count). The maximum Gasteiger partial charge on any atom is 0.491 e. The highest BCUT2D eigenvalue weighted by Gasteiger charge is 2.36. The lowest BCUT2D eigenvalue weighted by atomic mass is 9.71. The van der Waals surface area contributed by atoms with Crippen LogP contribution in [0.25, 0.3) is 0 Å². The third-order valence-electron chi connectivity index (χ3n) is 5.38. The fourth-order valence-corrected chi connectivity index (χ4v) is 3.66. The molecule has 33 heavy (non-hydrogen) atoms. The molecule has 10 heteroatoms. The summed E-state index contributed by atoms with van der Waals surface area (Å²) < 4.78 is 55.7. The summed E-state index contributed by atoms with van der Waals surface area (Å²) in [5.41, 5.74) is 1.74. The lowest BCUT2D eigenvalue weighted by molar-refractivity contribution is -0.137. The Labute approximate surface area is 188 Å². The topological polar surface area (TPSA) is 84.7 Å². The molecule has 1 unspecified atom stereocenters. The van der Waals surface area contributed by atoms with Gasteiger partial charge in [-0.1, -0.05) is 18.2 Å². The molecule has 0 radical (unpaired) electrons. The monoisotopic (exact) mass is 456 g/mol. The molecule has 1 aliphatic heterocycles. The Morgan fingerprint density at radius 1 is 1.24 bits per heavy atom. The Hall–Kier alpha value is -3.37. The van der Waals surface area contributed by atoms with E-state index in [0.29, 0.717) is 22.4 Å². The van der Waals surface area contributed by atoms with Crippen molar-refractivity contribution in [2.75, 3.05) is 7.11 Å². The van der Waals surface area contributed by atoms with Crippen molar-refractivity contribution in [3.63, 3.8) is 0 Å². The van der Waals surface area contributed by atoms with E-state index in [9.17, 15) is 18.2 Å². The first-order valence-corrected chi connectivity index (χ1v) is 10.1. The molecule has 170 valence electrons. The van der Waals surface area contributed by atoms with Gasteiger partial charge in [-0.2, -0.15) is 13.2 Å². The third-order valence-corrected chi connectivity index (χ3v) is 5.38. The standard InChI is InChI=1S/C23H20BF3N2O4/c1-31-22(28)18-7-5-16(10-21(18)32-13-14-3-2-8-29-12-14)20-9-15-4-6-17(23(25,26)27)11-19(15)24(30)33-20/h2-8,10-12,20,28,30H,9,13H2,1H3. The molecule has 2 N–H and O–H groups in total. The molecule has 0 fully saturated rings. The van der Waals surface area contributed by atoms with Crippen LogP contribution in [0.1, 0.15) is 33.9 Å². The van der Waals surface area contributed by atoms with Crippen molar-refractivity contribution in [3.8, 4) is 5.75 Å². The number of methoxy groups -OCH3 is 1. The highest BCUT2D eigenvalue weighted by Crippen LogP contribution is 2.34. The van der Waals surface area contributed by atoms with E-state index in [1.165, 1.54) is 13.2 Å². The van der Waals surface area contributed by atoms with Crippen molar-refractivity contribution < 1.29 is 32.3 Å². The maximum atomic E-state index is 13.0. The average molecular weight is 456 g/mol. The quantitative estimate of drug-likeness (QED) is 0.348. The lowest BCUT2D eigenvalue weighted by Gasteiger charge is -2.29. The number of halogens is 3. The molecule has 0 bridgehead atoms. The van der Waals surface area contributed by atoms with Crippen molar-refractivity contribution in [3.05, 3.63) is 88.7 Å². The molecule has 3 aromatic rings. The summed E-state index contributed by atoms with van der Waals surface area (Å²) >= 11 is 0. The number of nitrogens with one attached hydrogen (secondary N) is 1. The largest absolute Gasteiger partial charge is 0.491 e. The summed E-state index contributed by atoms with van der Waals surface area (Å²) in [6, 6.07) is 12.0. The second-order valence-corrected chi connectivity index (χ2v) is 7.53. The Bertz CT molecular complexity index is 1160. The summed E-state index contributed by atoms with van der Waals surface area (Å²) in [6.07, 6.45) is -1.53. The van der Waals surface area contributed by atoms with Gasteiger partial charge in [-0.3, -0.25) is 10.4 Å². The molecule has 1 atom stereocenters. The van der Waals surface area contributed by atoms with Crippen LogP contribution in [0.5, 0.6) is 5.75 Å². The summed E-state index contributed by atoms with van der Waals surface area (Å²) in [5.74, 6) is 0.289. The van der Waals surface area contributed by atoms with Crippen molar-refractivity contribution in [2.24, 2.45) is 0 Å². The van der Waals surface area contributed by atoms with Crippen molar-refractivity contribution in [2.45, 2.75) is 25.3 Å². The van der Waals surface area contributed by atoms with Gasteiger partial charge in [0.1, 0.15) is 12.4 Å². The van der Waals surface area contributed by atoms with Crippen LogP contribution in [0.3, 0.4) is 0 Å². The Kier molecular flexibility index (Phi) is 6.39. The third kappa shape index (κ3) is 5.02. The molecule has 1 aromatic heterocycles. The normalized spacial score (nSPS) is 15.7. The lowest BCUT2D eigenvalue weighted by Crippen LogP contribution is -2.43. The van der Waals surface area contributed by atoms with Crippen LogP contribution < -0.4 is 10.2 Å². The molecule has 0 amide bonds. The molecule has 6 nitrogen and oxygen atoms in total. The van der Waals surface area contributed by atoms with Crippen LogP contribution in [0.2, 0.25) is 0 Å². The fraction of sp³-hybridized carbons (Fsp3) is 0.217. The number of fused-ring (bicyclic) bond motifs is 1. The number of alkyl halides is 3. The van der Waals surface area contributed by atoms with Crippen LogP contribution in [0.4, 0.5) is 13.2 Å². The molecule has 0 saturated heterocycles. The Morgan fingerprint density at radius 3 is 2.76 bits per heavy atom. The molecule has 0 aliphatic carbocycles. The first-order valence-electron chi connectivity index (χ1n) is 10.1. The Morgan fingerprint density at radius 2 is 2.06 bits per heavy atom. The predicted molar refractivity (Wildman–Crippen MR) is 115 cm³/mol. The van der Waals surface area contributed by atoms with E-state index >= 15 is 0 Å². The van der Waals surface area contributed by atoms with Gasteiger partial charge in [0.15, 0.2) is 0 Å². The van der Waals surface area contributed by atoms with Gasteiger partial charge in [-0.25, -0.2) is 0 Å². The number of rotatable bonds is 5. The van der Waals surface area contributed by atoms with Gasteiger partial charge in [0.2, 0.25) is 5.90 Å². The number of benzene rings is 2. The van der Waals surface area contributed by atoms with Crippen LogP contribution in [-0.4, -0.2) is 30.1 Å². The molecule has 1 aliphatic rings. The number of ether oxygens (including phenoxy) is 2. The van der Waals surface area contributed by atoms with Gasteiger partial charge in [-0.05, 0) is 46.9 Å². The van der Waals surface area contributed by atoms with Gasteiger partial charge in [0.25, 0.3) is 0 Å². The number of aromatic nitrogens is 1. The summed E-state index contributed by atoms with van der Waals surface area (Å²) in [4.78, 5) is 4.05. The predicted octanol–water partition coefficient (Wildman–Crippen LogP) is 3.65. The van der Waals surface area contributed by atoms with E-state index in [1.807, 2.05) is 6.07 Å². The number of hydrogen-bond acceptors (Lipinski definition) is 6. The molecule has 2 heterocycles. The highest BCUT2D eigenvalue weighted by atomic mass is 19.4. The molecule has 0 spiro atoms. The smallest absolute Gasteiger partial charge is 0.488 e. The second-order valence-electron chi connectivity index (χ2n) is 7.53. The van der Waals surface area contributed by atoms with E-state index in [1.54, 1.807) is 36.7 Å². The number of pyridine rings is 1. The van der Waals surface area contributed by atoms with E-state index in [-0.39, 0.29) is 24.4 Å². The van der Waals surface area contributed by atoms with E-state index in [2.05, 4.69) is 4.98 Å².